The van der Waals surface area contributed by atoms with Gasteiger partial charge in [0.05, 0.1) is 16.6 Å². The SMILES string of the molecule is O=C(c1ccc2ccccc2c1)c1nn(-c2ccccc2)c2nc(=O)c3ccccc3n12. The van der Waals surface area contributed by atoms with E-state index in [1.165, 1.54) is 0 Å². The van der Waals surface area contributed by atoms with Gasteiger partial charge in [0, 0.05) is 5.56 Å². The second-order valence-electron chi connectivity index (χ2n) is 7.53. The number of ketones is 1. The average Bonchev–Trinajstić information content (AvgIpc) is 3.23. The van der Waals surface area contributed by atoms with Crippen molar-refractivity contribution in [1.29, 1.82) is 0 Å². The molecule has 6 rings (SSSR count). The van der Waals surface area contributed by atoms with E-state index in [9.17, 15) is 9.59 Å². The number of carbonyl (C=O) groups is 1. The number of para-hydroxylation sites is 2. The maximum Gasteiger partial charge on any atom is 0.282 e. The van der Waals surface area contributed by atoms with Gasteiger partial charge >= 0.3 is 0 Å². The van der Waals surface area contributed by atoms with Crippen LogP contribution >= 0.6 is 0 Å². The van der Waals surface area contributed by atoms with E-state index in [0.717, 1.165) is 10.8 Å². The fourth-order valence-corrected chi connectivity index (χ4v) is 4.04. The van der Waals surface area contributed by atoms with Gasteiger partial charge in [-0.05, 0) is 41.1 Å². The lowest BCUT2D eigenvalue weighted by molar-refractivity contribution is 0.102. The Morgan fingerprint density at radius 2 is 1.47 bits per heavy atom. The van der Waals surface area contributed by atoms with Crippen LogP contribution in [0.5, 0.6) is 0 Å². The summed E-state index contributed by atoms with van der Waals surface area (Å²) in [7, 11) is 0. The molecule has 0 unspecified atom stereocenters. The van der Waals surface area contributed by atoms with Crippen molar-refractivity contribution in [2.45, 2.75) is 0 Å². The van der Waals surface area contributed by atoms with E-state index < -0.39 is 0 Å². The van der Waals surface area contributed by atoms with Crippen molar-refractivity contribution in [3.63, 3.8) is 0 Å². The first kappa shape index (κ1) is 18.2. The van der Waals surface area contributed by atoms with Gasteiger partial charge in [0.1, 0.15) is 0 Å². The van der Waals surface area contributed by atoms with Crippen molar-refractivity contribution in [2.24, 2.45) is 0 Å². The number of rotatable bonds is 3. The first-order chi connectivity index (χ1) is 15.7. The van der Waals surface area contributed by atoms with Crippen LogP contribution in [-0.2, 0) is 0 Å². The van der Waals surface area contributed by atoms with Gasteiger partial charge in [-0.1, -0.05) is 66.7 Å². The van der Waals surface area contributed by atoms with E-state index >= 15 is 0 Å². The molecule has 0 aliphatic rings. The normalized spacial score (nSPS) is 11.4. The monoisotopic (exact) mass is 416 g/mol. The summed E-state index contributed by atoms with van der Waals surface area (Å²) in [5, 5.41) is 7.10. The maximum absolute atomic E-state index is 13.7. The van der Waals surface area contributed by atoms with E-state index in [1.54, 1.807) is 33.3 Å². The minimum absolute atomic E-state index is 0.197. The lowest BCUT2D eigenvalue weighted by Crippen LogP contribution is -2.14. The van der Waals surface area contributed by atoms with Crippen LogP contribution in [0.15, 0.2) is 102 Å². The topological polar surface area (TPSA) is 69.3 Å². The first-order valence-electron chi connectivity index (χ1n) is 10.2. The Morgan fingerprint density at radius 1 is 0.750 bits per heavy atom. The number of benzene rings is 4. The molecule has 2 heterocycles. The molecule has 0 aliphatic heterocycles. The summed E-state index contributed by atoms with van der Waals surface area (Å²) in [6.07, 6.45) is 0. The molecule has 0 saturated carbocycles. The van der Waals surface area contributed by atoms with Crippen LogP contribution in [-0.4, -0.2) is 24.9 Å². The first-order valence-corrected chi connectivity index (χ1v) is 10.2. The Morgan fingerprint density at radius 3 is 2.31 bits per heavy atom. The molecule has 0 atom stereocenters. The largest absolute Gasteiger partial charge is 0.285 e. The molecule has 2 aromatic heterocycles. The van der Waals surface area contributed by atoms with E-state index in [-0.39, 0.29) is 17.2 Å². The van der Waals surface area contributed by atoms with Gasteiger partial charge in [0.15, 0.2) is 0 Å². The molecule has 0 radical (unpaired) electrons. The number of fused-ring (bicyclic) bond motifs is 4. The van der Waals surface area contributed by atoms with Crippen LogP contribution < -0.4 is 5.56 Å². The summed E-state index contributed by atoms with van der Waals surface area (Å²) in [6.45, 7) is 0. The van der Waals surface area contributed by atoms with E-state index in [2.05, 4.69) is 10.1 Å². The summed E-state index contributed by atoms with van der Waals surface area (Å²) in [6, 6.07) is 30.0. The average molecular weight is 416 g/mol. The van der Waals surface area contributed by atoms with Crippen molar-refractivity contribution in [1.82, 2.24) is 19.2 Å². The third-order valence-electron chi connectivity index (χ3n) is 5.59. The van der Waals surface area contributed by atoms with E-state index in [1.807, 2.05) is 72.8 Å². The van der Waals surface area contributed by atoms with Gasteiger partial charge in [0.2, 0.25) is 17.4 Å². The smallest absolute Gasteiger partial charge is 0.282 e. The van der Waals surface area contributed by atoms with Crippen LogP contribution in [0.25, 0.3) is 33.1 Å². The fraction of sp³-hybridized carbons (Fsp3) is 0. The van der Waals surface area contributed by atoms with E-state index in [0.29, 0.717) is 27.9 Å². The highest BCUT2D eigenvalue weighted by atomic mass is 16.1. The van der Waals surface area contributed by atoms with Crippen LogP contribution in [0.2, 0.25) is 0 Å². The van der Waals surface area contributed by atoms with Gasteiger partial charge in [-0.15, -0.1) is 5.10 Å². The van der Waals surface area contributed by atoms with Gasteiger partial charge in [-0.2, -0.15) is 9.67 Å². The molecule has 6 heteroatoms. The summed E-state index contributed by atoms with van der Waals surface area (Å²) in [4.78, 5) is 30.7. The van der Waals surface area contributed by atoms with Crippen LogP contribution in [0.1, 0.15) is 16.2 Å². The number of hydrogen-bond acceptors (Lipinski definition) is 4. The molecule has 0 spiro atoms. The Kier molecular flexibility index (Phi) is 3.98. The highest BCUT2D eigenvalue weighted by Gasteiger charge is 2.23. The van der Waals surface area contributed by atoms with Gasteiger partial charge in [-0.3, -0.25) is 14.0 Å². The molecule has 0 N–H and O–H groups in total. The Bertz CT molecular complexity index is 1720. The number of hydrogen-bond donors (Lipinski definition) is 0. The van der Waals surface area contributed by atoms with Crippen LogP contribution in [0, 0.1) is 0 Å². The number of nitrogens with zero attached hydrogens (tertiary/aromatic N) is 4. The molecule has 0 fully saturated rings. The number of aromatic nitrogens is 4. The predicted molar refractivity (Wildman–Crippen MR) is 123 cm³/mol. The standard InChI is InChI=1S/C26H16N4O2/c31-23(19-15-14-17-8-4-5-9-18(17)16-19)24-28-30(20-10-2-1-3-11-20)26-27-25(32)21-12-6-7-13-22(21)29(24)26/h1-16H. The van der Waals surface area contributed by atoms with Crippen molar-refractivity contribution in [2.75, 3.05) is 0 Å². The highest BCUT2D eigenvalue weighted by Crippen LogP contribution is 2.22. The number of carbonyl (C=O) groups excluding carboxylic acids is 1. The second kappa shape index (κ2) is 6.99. The third kappa shape index (κ3) is 2.74. The van der Waals surface area contributed by atoms with Crippen molar-refractivity contribution in [3.8, 4) is 5.69 Å². The lowest BCUT2D eigenvalue weighted by atomic mass is 10.0. The second-order valence-corrected chi connectivity index (χ2v) is 7.53. The highest BCUT2D eigenvalue weighted by molar-refractivity contribution is 6.09. The molecule has 0 aliphatic carbocycles. The van der Waals surface area contributed by atoms with Gasteiger partial charge in [0.25, 0.3) is 5.56 Å². The molecule has 4 aromatic carbocycles. The van der Waals surface area contributed by atoms with Crippen LogP contribution in [0.3, 0.4) is 0 Å². The molecule has 0 saturated heterocycles. The zero-order valence-corrected chi connectivity index (χ0v) is 16.8. The lowest BCUT2D eigenvalue weighted by Gasteiger charge is -2.05. The quantitative estimate of drug-likeness (QED) is 0.401. The molecular weight excluding hydrogens is 400 g/mol. The van der Waals surface area contributed by atoms with E-state index in [4.69, 9.17) is 0 Å². The Balaban J connectivity index is 1.67. The zero-order chi connectivity index (χ0) is 21.7. The molecule has 32 heavy (non-hydrogen) atoms. The molecule has 6 nitrogen and oxygen atoms in total. The molecule has 0 bridgehead atoms. The van der Waals surface area contributed by atoms with Crippen LogP contribution in [0.4, 0.5) is 0 Å². The van der Waals surface area contributed by atoms with Crippen molar-refractivity contribution in [3.05, 3.63) is 119 Å². The third-order valence-corrected chi connectivity index (χ3v) is 5.59. The predicted octanol–water partition coefficient (Wildman–Crippen LogP) is 4.42. The summed E-state index contributed by atoms with van der Waals surface area (Å²) in [5.41, 5.74) is 1.46. The molecule has 6 aromatic rings. The van der Waals surface area contributed by atoms with Crippen molar-refractivity contribution < 1.29 is 4.79 Å². The fourth-order valence-electron chi connectivity index (χ4n) is 4.04. The molecular formula is C26H16N4O2. The summed E-state index contributed by atoms with van der Waals surface area (Å²) < 4.78 is 3.21. The summed E-state index contributed by atoms with van der Waals surface area (Å²) in [5.74, 6) is 0.248. The minimum atomic E-state index is -0.359. The van der Waals surface area contributed by atoms with Gasteiger partial charge in [-0.25, -0.2) is 0 Å². The van der Waals surface area contributed by atoms with Gasteiger partial charge < -0.3 is 0 Å². The Hall–Kier alpha value is -4.58. The zero-order valence-electron chi connectivity index (χ0n) is 16.8. The maximum atomic E-state index is 13.7. The molecule has 152 valence electrons. The molecule has 0 amide bonds. The van der Waals surface area contributed by atoms with Crippen molar-refractivity contribution >= 4 is 33.2 Å². The Labute approximate surface area is 182 Å². The minimum Gasteiger partial charge on any atom is -0.285 e. The summed E-state index contributed by atoms with van der Waals surface area (Å²) >= 11 is 0.